The number of anilines is 1. The zero-order valence-electron chi connectivity index (χ0n) is 15.6. The molecular weight excluding hydrogens is 406 g/mol. The number of nitrogens with one attached hydrogen (secondary N) is 2. The van der Waals surface area contributed by atoms with Gasteiger partial charge in [-0.3, -0.25) is 4.72 Å². The standard InChI is InChI=1S/C22H18ClN3O2S/c1-29(27,28)26-19-8-3-2-7-18(19)16-10-11-20-21(14-16)25-22(24-20)12-9-15-5-4-6-17(23)13-15/h2-14,26H,1H3,(H,24,25). The van der Waals surface area contributed by atoms with E-state index < -0.39 is 10.0 Å². The van der Waals surface area contributed by atoms with Gasteiger partial charge in [0.25, 0.3) is 0 Å². The average Bonchev–Trinajstić information content (AvgIpc) is 3.08. The van der Waals surface area contributed by atoms with Crippen molar-refractivity contribution < 1.29 is 8.42 Å². The number of hydrogen-bond acceptors (Lipinski definition) is 3. The number of benzene rings is 3. The van der Waals surface area contributed by atoms with Crippen molar-refractivity contribution >= 4 is 50.5 Å². The van der Waals surface area contributed by atoms with Gasteiger partial charge in [-0.2, -0.15) is 0 Å². The second kappa shape index (κ2) is 7.73. The lowest BCUT2D eigenvalue weighted by molar-refractivity contribution is 0.607. The van der Waals surface area contributed by atoms with E-state index in [4.69, 9.17) is 11.6 Å². The number of imidazole rings is 1. The quantitative estimate of drug-likeness (QED) is 0.449. The zero-order valence-corrected chi connectivity index (χ0v) is 17.1. The Balaban J connectivity index is 1.68. The van der Waals surface area contributed by atoms with Crippen molar-refractivity contribution in [3.05, 3.63) is 83.1 Å². The van der Waals surface area contributed by atoms with E-state index in [1.54, 1.807) is 12.1 Å². The van der Waals surface area contributed by atoms with E-state index in [0.29, 0.717) is 10.7 Å². The van der Waals surface area contributed by atoms with Gasteiger partial charge in [-0.15, -0.1) is 0 Å². The van der Waals surface area contributed by atoms with E-state index in [-0.39, 0.29) is 0 Å². The van der Waals surface area contributed by atoms with Gasteiger partial charge in [0, 0.05) is 10.6 Å². The number of aromatic nitrogens is 2. The minimum atomic E-state index is -3.37. The number of para-hydroxylation sites is 1. The summed E-state index contributed by atoms with van der Waals surface area (Å²) in [5.74, 6) is 0.722. The molecule has 0 saturated carbocycles. The maximum atomic E-state index is 11.7. The Bertz CT molecular complexity index is 1330. The molecule has 0 atom stereocenters. The van der Waals surface area contributed by atoms with E-state index in [1.807, 2.05) is 66.7 Å². The number of sulfonamides is 1. The molecule has 4 aromatic rings. The monoisotopic (exact) mass is 423 g/mol. The summed E-state index contributed by atoms with van der Waals surface area (Å²) in [6.45, 7) is 0. The molecule has 146 valence electrons. The minimum Gasteiger partial charge on any atom is -0.338 e. The Morgan fingerprint density at radius 2 is 1.83 bits per heavy atom. The van der Waals surface area contributed by atoms with Crippen LogP contribution in [0.3, 0.4) is 0 Å². The first-order chi connectivity index (χ1) is 13.9. The van der Waals surface area contributed by atoms with Gasteiger partial charge in [-0.05, 0) is 47.5 Å². The van der Waals surface area contributed by atoms with E-state index in [2.05, 4.69) is 14.7 Å². The molecule has 0 fully saturated rings. The lowest BCUT2D eigenvalue weighted by Gasteiger charge is -2.10. The molecule has 29 heavy (non-hydrogen) atoms. The first-order valence-corrected chi connectivity index (χ1v) is 11.1. The van der Waals surface area contributed by atoms with Gasteiger partial charge in [-0.1, -0.05) is 54.1 Å². The summed E-state index contributed by atoms with van der Waals surface area (Å²) in [5.41, 5.74) is 4.88. The van der Waals surface area contributed by atoms with E-state index >= 15 is 0 Å². The molecule has 0 radical (unpaired) electrons. The zero-order chi connectivity index (χ0) is 20.4. The molecular formula is C22H18ClN3O2S. The number of hydrogen-bond donors (Lipinski definition) is 2. The molecule has 3 aromatic carbocycles. The highest BCUT2D eigenvalue weighted by atomic mass is 35.5. The number of fused-ring (bicyclic) bond motifs is 1. The molecule has 5 nitrogen and oxygen atoms in total. The highest BCUT2D eigenvalue weighted by Crippen LogP contribution is 2.30. The van der Waals surface area contributed by atoms with Gasteiger partial charge < -0.3 is 4.98 Å². The maximum Gasteiger partial charge on any atom is 0.229 e. The summed E-state index contributed by atoms with van der Waals surface area (Å²) in [7, 11) is -3.37. The second-order valence-corrected chi connectivity index (χ2v) is 8.85. The lowest BCUT2D eigenvalue weighted by Crippen LogP contribution is -2.10. The third-order valence-corrected chi connectivity index (χ3v) is 5.14. The molecule has 1 aromatic heterocycles. The van der Waals surface area contributed by atoms with Gasteiger partial charge >= 0.3 is 0 Å². The fourth-order valence-electron chi connectivity index (χ4n) is 3.08. The summed E-state index contributed by atoms with van der Waals surface area (Å²) in [6.07, 6.45) is 4.97. The smallest absolute Gasteiger partial charge is 0.229 e. The van der Waals surface area contributed by atoms with Gasteiger partial charge in [0.1, 0.15) is 5.82 Å². The van der Waals surface area contributed by atoms with Crippen molar-refractivity contribution in [1.82, 2.24) is 9.97 Å². The van der Waals surface area contributed by atoms with Gasteiger partial charge in [0.15, 0.2) is 0 Å². The molecule has 7 heteroatoms. The average molecular weight is 424 g/mol. The molecule has 2 N–H and O–H groups in total. The van der Waals surface area contributed by atoms with Crippen LogP contribution in [0.5, 0.6) is 0 Å². The van der Waals surface area contributed by atoms with Crippen LogP contribution in [0, 0.1) is 0 Å². The Labute approximate surface area is 174 Å². The summed E-state index contributed by atoms with van der Waals surface area (Å²) >= 11 is 6.02. The van der Waals surface area contributed by atoms with Crippen molar-refractivity contribution in [2.45, 2.75) is 0 Å². The van der Waals surface area contributed by atoms with Crippen molar-refractivity contribution in [1.29, 1.82) is 0 Å². The SMILES string of the molecule is CS(=O)(=O)Nc1ccccc1-c1ccc2[nH]c(C=Cc3cccc(Cl)c3)nc2c1. The third kappa shape index (κ3) is 4.67. The number of H-pyrrole nitrogens is 1. The highest BCUT2D eigenvalue weighted by molar-refractivity contribution is 7.92. The van der Waals surface area contributed by atoms with E-state index in [9.17, 15) is 8.42 Å². The Morgan fingerprint density at radius 1 is 1.00 bits per heavy atom. The van der Waals surface area contributed by atoms with Crippen molar-refractivity contribution in [2.75, 3.05) is 11.0 Å². The molecule has 0 spiro atoms. The van der Waals surface area contributed by atoms with Crippen LogP contribution >= 0.6 is 11.6 Å². The minimum absolute atomic E-state index is 0.533. The first kappa shape index (κ1) is 19.2. The van der Waals surface area contributed by atoms with Crippen LogP contribution in [0.25, 0.3) is 34.3 Å². The Morgan fingerprint density at radius 3 is 2.62 bits per heavy atom. The molecule has 4 rings (SSSR count). The normalized spacial score (nSPS) is 11.9. The summed E-state index contributed by atoms with van der Waals surface area (Å²) in [5, 5.41) is 0.683. The molecule has 0 amide bonds. The Hall–Kier alpha value is -3.09. The van der Waals surface area contributed by atoms with Gasteiger partial charge in [-0.25, -0.2) is 13.4 Å². The second-order valence-electron chi connectivity index (χ2n) is 6.66. The number of nitrogens with zero attached hydrogens (tertiary/aromatic N) is 1. The van der Waals surface area contributed by atoms with Crippen molar-refractivity contribution in [3.63, 3.8) is 0 Å². The van der Waals surface area contributed by atoms with Crippen LogP contribution in [0.4, 0.5) is 5.69 Å². The van der Waals surface area contributed by atoms with Crippen LogP contribution in [-0.2, 0) is 10.0 Å². The fourth-order valence-corrected chi connectivity index (χ4v) is 3.86. The number of halogens is 1. The third-order valence-electron chi connectivity index (χ3n) is 4.32. The van der Waals surface area contributed by atoms with Gasteiger partial charge in [0.2, 0.25) is 10.0 Å². The molecule has 1 heterocycles. The fraction of sp³-hybridized carbons (Fsp3) is 0.0455. The lowest BCUT2D eigenvalue weighted by atomic mass is 10.0. The van der Waals surface area contributed by atoms with Crippen LogP contribution in [0.2, 0.25) is 5.02 Å². The number of rotatable bonds is 5. The van der Waals surface area contributed by atoms with E-state index in [1.165, 1.54) is 0 Å². The van der Waals surface area contributed by atoms with Crippen molar-refractivity contribution in [3.8, 4) is 11.1 Å². The maximum absolute atomic E-state index is 11.7. The predicted octanol–water partition coefficient (Wildman–Crippen LogP) is 5.43. The van der Waals surface area contributed by atoms with Crippen molar-refractivity contribution in [2.24, 2.45) is 0 Å². The molecule has 0 unspecified atom stereocenters. The van der Waals surface area contributed by atoms with E-state index in [0.717, 1.165) is 39.8 Å². The largest absolute Gasteiger partial charge is 0.338 e. The van der Waals surface area contributed by atoms with Crippen LogP contribution in [-0.4, -0.2) is 24.6 Å². The summed E-state index contributed by atoms with van der Waals surface area (Å²) in [6, 6.07) is 20.7. The molecule has 0 saturated heterocycles. The van der Waals surface area contributed by atoms with Gasteiger partial charge in [0.05, 0.1) is 23.0 Å². The topological polar surface area (TPSA) is 74.8 Å². The Kier molecular flexibility index (Phi) is 5.13. The van der Waals surface area contributed by atoms with Crippen LogP contribution < -0.4 is 4.72 Å². The first-order valence-electron chi connectivity index (χ1n) is 8.88. The molecule has 0 aliphatic carbocycles. The molecule has 0 bridgehead atoms. The number of aromatic amines is 1. The molecule has 0 aliphatic rings. The summed E-state index contributed by atoms with van der Waals surface area (Å²) < 4.78 is 25.9. The van der Waals surface area contributed by atoms with Crippen LogP contribution in [0.1, 0.15) is 11.4 Å². The predicted molar refractivity (Wildman–Crippen MR) is 120 cm³/mol. The highest BCUT2D eigenvalue weighted by Gasteiger charge is 2.10. The molecule has 0 aliphatic heterocycles. The van der Waals surface area contributed by atoms with Crippen LogP contribution in [0.15, 0.2) is 66.7 Å². The summed E-state index contributed by atoms with van der Waals surface area (Å²) in [4.78, 5) is 7.90.